The number of rotatable bonds is 10. The first-order chi connectivity index (χ1) is 10.4. The van der Waals surface area contributed by atoms with Gasteiger partial charge in [-0.2, -0.15) is 43.5 Å². The summed E-state index contributed by atoms with van der Waals surface area (Å²) in [5.74, 6) is -5.29. The van der Waals surface area contributed by atoms with E-state index >= 15 is 0 Å². The molecule has 0 aliphatic heterocycles. The molecule has 1 unspecified atom stereocenters. The van der Waals surface area contributed by atoms with Gasteiger partial charge in [-0.1, -0.05) is 42.4 Å². The molecule has 0 radical (unpaired) electrons. The molecule has 1 atom stereocenters. The molecule has 14 heteroatoms. The zero-order valence-corrected chi connectivity index (χ0v) is 14.9. The van der Waals surface area contributed by atoms with Crippen LogP contribution in [0, 0.1) is 0 Å². The van der Waals surface area contributed by atoms with E-state index in [1.165, 1.54) is 22.6 Å². The first-order valence-electron chi connectivity index (χ1n) is 6.24. The topological polar surface area (TPSA) is 63.6 Å². The van der Waals surface area contributed by atoms with Crippen LogP contribution in [0.3, 0.4) is 0 Å². The monoisotopic (exact) mass is 508 g/mol. The van der Waals surface area contributed by atoms with Gasteiger partial charge in [-0.25, -0.2) is 4.74 Å². The number of ether oxygens (including phenoxy) is 1. The van der Waals surface area contributed by atoms with Gasteiger partial charge in [0.1, 0.15) is 0 Å². The summed E-state index contributed by atoms with van der Waals surface area (Å²) in [4.78, 5) is 0. The van der Waals surface area contributed by atoms with E-state index in [0.717, 1.165) is 0 Å². The van der Waals surface area contributed by atoms with Crippen LogP contribution in [-0.2, 0) is 14.9 Å². The summed E-state index contributed by atoms with van der Waals surface area (Å²) in [5, 5.41) is -6.55. The molecular weight excluding hydrogens is 495 g/mol. The van der Waals surface area contributed by atoms with Gasteiger partial charge < -0.3 is 0 Å². The van der Waals surface area contributed by atoms with Crippen LogP contribution >= 0.6 is 22.6 Å². The van der Waals surface area contributed by atoms with Crippen LogP contribution in [0.25, 0.3) is 0 Å². The zero-order valence-electron chi connectivity index (χ0n) is 11.9. The third-order valence-corrected chi connectivity index (χ3v) is 4.64. The molecule has 0 aliphatic carbocycles. The van der Waals surface area contributed by atoms with E-state index < -0.39 is 43.9 Å². The van der Waals surface area contributed by atoms with Crippen molar-refractivity contribution >= 4 is 32.7 Å². The van der Waals surface area contributed by atoms with E-state index in [1.807, 2.05) is 0 Å². The smallest absolute Gasteiger partial charge is 0.281 e. The summed E-state index contributed by atoms with van der Waals surface area (Å²) in [6.07, 6.45) is -13.4. The Morgan fingerprint density at radius 3 is 1.88 bits per heavy atom. The number of unbranched alkanes of at least 4 members (excludes halogenated alkanes) is 1. The fourth-order valence-corrected chi connectivity index (χ4v) is 2.71. The summed E-state index contributed by atoms with van der Waals surface area (Å²) in [5.41, 5.74) is 0. The van der Waals surface area contributed by atoms with Gasteiger partial charge >= 0.3 is 33.5 Å². The lowest BCUT2D eigenvalue weighted by Gasteiger charge is -2.32. The van der Waals surface area contributed by atoms with Crippen molar-refractivity contribution in [2.24, 2.45) is 0 Å². The van der Waals surface area contributed by atoms with Crippen LogP contribution in [0.2, 0.25) is 0 Å². The third kappa shape index (κ3) is 5.52. The van der Waals surface area contributed by atoms with Crippen molar-refractivity contribution in [3.63, 3.8) is 0 Å². The van der Waals surface area contributed by atoms with Crippen LogP contribution in [0.4, 0.5) is 35.1 Å². The lowest BCUT2D eigenvalue weighted by Crippen LogP contribution is -2.56. The average Bonchev–Trinajstić information content (AvgIpc) is 2.32. The molecule has 0 saturated carbocycles. The Morgan fingerprint density at radius 1 is 1.04 bits per heavy atom. The molecule has 0 aromatic heterocycles. The van der Waals surface area contributed by atoms with E-state index in [0.29, 0.717) is 12.8 Å². The molecule has 0 rings (SSSR count). The first-order valence-corrected chi connectivity index (χ1v) is 8.92. The van der Waals surface area contributed by atoms with Crippen molar-refractivity contribution in [1.82, 2.24) is 0 Å². The fourth-order valence-electron chi connectivity index (χ4n) is 1.37. The minimum absolute atomic E-state index is 0.0281. The van der Waals surface area contributed by atoms with Crippen LogP contribution in [0.15, 0.2) is 0 Å². The molecule has 0 spiro atoms. The fraction of sp³-hybridized carbons (Fsp3) is 1.00. The molecule has 0 amide bonds. The molecule has 0 saturated heterocycles. The highest BCUT2D eigenvalue weighted by atomic mass is 127. The number of hydrogen-bond donors (Lipinski definition) is 1. The summed E-state index contributed by atoms with van der Waals surface area (Å²) in [6.45, 7) is 1.68. The van der Waals surface area contributed by atoms with E-state index in [1.54, 1.807) is 6.92 Å². The number of halogens is 9. The molecule has 0 aliphatic rings. The van der Waals surface area contributed by atoms with E-state index in [2.05, 4.69) is 4.74 Å². The zero-order chi connectivity index (χ0) is 19.6. The summed E-state index contributed by atoms with van der Waals surface area (Å²) >= 11 is 1.36. The van der Waals surface area contributed by atoms with E-state index in [4.69, 9.17) is 4.55 Å². The second-order valence-corrected chi connectivity index (χ2v) is 8.00. The van der Waals surface area contributed by atoms with Crippen LogP contribution in [0.5, 0.6) is 0 Å². The quantitative estimate of drug-likeness (QED) is 0.202. The molecule has 24 heavy (non-hydrogen) atoms. The van der Waals surface area contributed by atoms with Gasteiger partial charge in [0.2, 0.25) is 0 Å². The number of hydrogen-bond acceptors (Lipinski definition) is 3. The Balaban J connectivity index is 5.37. The van der Waals surface area contributed by atoms with Gasteiger partial charge in [-0.05, 0) is 6.42 Å². The van der Waals surface area contributed by atoms with Crippen LogP contribution in [-0.4, -0.2) is 40.3 Å². The van der Waals surface area contributed by atoms with Gasteiger partial charge in [-0.15, -0.1) is 0 Å². The van der Waals surface area contributed by atoms with E-state index in [9.17, 15) is 43.5 Å². The Hall–Kier alpha value is 0.0400. The predicted molar refractivity (Wildman–Crippen MR) is 74.4 cm³/mol. The average molecular weight is 508 g/mol. The Bertz CT molecular complexity index is 525. The first kappa shape index (κ1) is 24.0. The summed E-state index contributed by atoms with van der Waals surface area (Å²) in [6, 6.07) is 0. The van der Waals surface area contributed by atoms with Crippen LogP contribution in [0.1, 0.15) is 32.6 Å². The summed E-state index contributed by atoms with van der Waals surface area (Å²) < 4.78 is 134. The van der Waals surface area contributed by atoms with Gasteiger partial charge in [0.05, 0.1) is 0 Å². The number of alkyl halides is 9. The van der Waals surface area contributed by atoms with Gasteiger partial charge in [0.15, 0.2) is 0 Å². The largest absolute Gasteiger partial charge is 0.460 e. The van der Waals surface area contributed by atoms with Crippen molar-refractivity contribution in [2.45, 2.75) is 59.9 Å². The predicted octanol–water partition coefficient (Wildman–Crippen LogP) is 4.69. The van der Waals surface area contributed by atoms with Crippen LogP contribution < -0.4 is 0 Å². The molecule has 0 aromatic carbocycles. The maximum atomic E-state index is 13.4. The molecule has 0 heterocycles. The second-order valence-electron chi connectivity index (χ2n) is 4.78. The van der Waals surface area contributed by atoms with Gasteiger partial charge in [0, 0.05) is 10.3 Å². The highest BCUT2D eigenvalue weighted by molar-refractivity contribution is 14.1. The van der Waals surface area contributed by atoms with Crippen molar-refractivity contribution in [1.29, 1.82) is 0 Å². The van der Waals surface area contributed by atoms with E-state index in [-0.39, 0.29) is 6.42 Å². The molecule has 0 bridgehead atoms. The second kappa shape index (κ2) is 7.73. The highest BCUT2D eigenvalue weighted by Gasteiger charge is 2.73. The lowest BCUT2D eigenvalue weighted by atomic mass is 10.1. The maximum Gasteiger partial charge on any atom is 0.460 e. The van der Waals surface area contributed by atoms with Crippen molar-refractivity contribution in [3.05, 3.63) is 0 Å². The Kier molecular flexibility index (Phi) is 7.75. The molecule has 1 N–H and O–H groups in total. The minimum atomic E-state index is -6.90. The third-order valence-electron chi connectivity index (χ3n) is 2.69. The molecule has 4 nitrogen and oxygen atoms in total. The molecule has 0 fully saturated rings. The Morgan fingerprint density at radius 2 is 1.50 bits per heavy atom. The summed E-state index contributed by atoms with van der Waals surface area (Å²) in [7, 11) is -6.90. The molecule has 146 valence electrons. The normalized spacial score (nSPS) is 16.3. The minimum Gasteiger partial charge on any atom is -0.281 e. The SMILES string of the molecule is CCCCC(I)CC(F)(F)C(F)(F)OC(F)(F)C(F)(F)S(=O)(=O)O. The van der Waals surface area contributed by atoms with Crippen molar-refractivity contribution in [3.8, 4) is 0 Å². The lowest BCUT2D eigenvalue weighted by molar-refractivity contribution is -0.456. The van der Waals surface area contributed by atoms with Crippen molar-refractivity contribution in [2.75, 3.05) is 0 Å². The molecule has 0 aromatic rings. The maximum absolute atomic E-state index is 13.4. The van der Waals surface area contributed by atoms with Gasteiger partial charge in [0.25, 0.3) is 0 Å². The molecular formula is C10H13F8IO4S. The standard InChI is InChI=1S/C10H13F8IO4S/c1-2-3-4-6(19)5-7(11,12)8(13,14)23-9(15,16)10(17,18)24(20,21)22/h6H,2-5H2,1H3,(H,20,21,22). The Labute approximate surface area is 145 Å². The highest BCUT2D eigenvalue weighted by Crippen LogP contribution is 2.48. The van der Waals surface area contributed by atoms with Crippen molar-refractivity contribution < 1.29 is 52.8 Å². The van der Waals surface area contributed by atoms with Gasteiger partial charge in [-0.3, -0.25) is 4.55 Å².